The molecule has 1 aliphatic carbocycles. The normalized spacial score (nSPS) is 18.2. The molecule has 4 aromatic heterocycles. The first-order valence-electron chi connectivity index (χ1n) is 15.7. The molecule has 49 heavy (non-hydrogen) atoms. The summed E-state index contributed by atoms with van der Waals surface area (Å²) >= 11 is 7.63. The number of carbonyl (C=O) groups is 1. The molecule has 1 spiro atoms. The summed E-state index contributed by atoms with van der Waals surface area (Å²) in [5, 5.41) is 22.0. The van der Waals surface area contributed by atoms with E-state index < -0.39 is 11.9 Å². The van der Waals surface area contributed by atoms with E-state index in [4.69, 9.17) is 16.3 Å². The number of fused-ring (bicyclic) bond motifs is 2. The molecular weight excluding hydrogens is 676 g/mol. The number of nitrogens with zero attached hydrogens (tertiary/aromatic N) is 7. The van der Waals surface area contributed by atoms with Gasteiger partial charge < -0.3 is 14.7 Å². The van der Waals surface area contributed by atoms with Crippen LogP contribution in [0.15, 0.2) is 46.8 Å². The van der Waals surface area contributed by atoms with Crippen LogP contribution in [0.5, 0.6) is 5.75 Å². The molecule has 1 N–H and O–H groups in total. The van der Waals surface area contributed by atoms with Gasteiger partial charge in [-0.05, 0) is 31.2 Å². The van der Waals surface area contributed by atoms with Gasteiger partial charge in [0.05, 0.1) is 39.4 Å². The molecule has 1 aromatic carbocycles. The largest absolute Gasteiger partial charge is 0.491 e. The molecule has 6 heterocycles. The van der Waals surface area contributed by atoms with Gasteiger partial charge in [0.25, 0.3) is 11.5 Å². The zero-order valence-electron chi connectivity index (χ0n) is 26.1. The molecule has 3 fully saturated rings. The SMILES string of the molecule is Cc1nc2cnc(N3CC4(C3)CN(C3CC(F)(F)C3)C4)c(C#N)c2c(=O)n1CCOc1ccc(Cl)cc1-c1ccnc2c(C(=O)O)csc12. The van der Waals surface area contributed by atoms with Crippen LogP contribution in [0, 0.1) is 23.7 Å². The highest BCUT2D eigenvalue weighted by atomic mass is 35.5. The number of pyridine rings is 2. The number of aromatic carboxylic acids is 1. The van der Waals surface area contributed by atoms with E-state index in [2.05, 4.69) is 25.9 Å². The van der Waals surface area contributed by atoms with Crippen molar-refractivity contribution in [3.8, 4) is 22.9 Å². The summed E-state index contributed by atoms with van der Waals surface area (Å²) in [6, 6.07) is 9.05. The Morgan fingerprint density at radius 3 is 2.67 bits per heavy atom. The molecule has 1 saturated carbocycles. The van der Waals surface area contributed by atoms with Crippen molar-refractivity contribution in [1.29, 1.82) is 5.26 Å². The van der Waals surface area contributed by atoms with Gasteiger partial charge >= 0.3 is 5.97 Å². The van der Waals surface area contributed by atoms with Gasteiger partial charge in [-0.25, -0.2) is 23.5 Å². The van der Waals surface area contributed by atoms with Gasteiger partial charge in [0.15, 0.2) is 0 Å². The number of carboxylic acid groups (broad SMARTS) is 1. The van der Waals surface area contributed by atoms with Gasteiger partial charge in [-0.1, -0.05) is 11.6 Å². The smallest absolute Gasteiger partial charge is 0.338 e. The van der Waals surface area contributed by atoms with E-state index in [1.54, 1.807) is 42.8 Å². The highest BCUT2D eigenvalue weighted by Crippen LogP contribution is 2.49. The van der Waals surface area contributed by atoms with Crippen LogP contribution in [-0.4, -0.2) is 80.2 Å². The summed E-state index contributed by atoms with van der Waals surface area (Å²) < 4.78 is 35.1. The van der Waals surface area contributed by atoms with Gasteiger partial charge in [-0.15, -0.1) is 11.3 Å². The van der Waals surface area contributed by atoms with Crippen LogP contribution in [0.2, 0.25) is 5.02 Å². The third-order valence-corrected chi connectivity index (χ3v) is 11.0. The van der Waals surface area contributed by atoms with Crippen molar-refractivity contribution in [3.63, 3.8) is 0 Å². The number of carboxylic acids is 1. The molecule has 0 unspecified atom stereocenters. The van der Waals surface area contributed by atoms with Gasteiger partial charge in [0.1, 0.15) is 35.6 Å². The van der Waals surface area contributed by atoms with Gasteiger partial charge in [-0.2, -0.15) is 5.26 Å². The number of rotatable bonds is 8. The second-order valence-corrected chi connectivity index (χ2v) is 14.4. The lowest BCUT2D eigenvalue weighted by atomic mass is 9.70. The number of alkyl halides is 2. The summed E-state index contributed by atoms with van der Waals surface area (Å²) in [6.07, 6.45) is 2.90. The number of aryl methyl sites for hydroxylation is 1. The Kier molecular flexibility index (Phi) is 7.36. The molecule has 0 atom stereocenters. The maximum atomic E-state index is 13.9. The fourth-order valence-corrected chi connectivity index (χ4v) is 8.57. The predicted molar refractivity (Wildman–Crippen MR) is 180 cm³/mol. The molecule has 2 aliphatic heterocycles. The quantitative estimate of drug-likeness (QED) is 0.218. The fourth-order valence-electron chi connectivity index (χ4n) is 7.37. The lowest BCUT2D eigenvalue weighted by Crippen LogP contribution is -2.75. The van der Waals surface area contributed by atoms with Crippen molar-refractivity contribution in [2.24, 2.45) is 5.41 Å². The first-order valence-corrected chi connectivity index (χ1v) is 16.9. The molecule has 15 heteroatoms. The van der Waals surface area contributed by atoms with E-state index in [1.165, 1.54) is 22.1 Å². The number of thiophene rings is 1. The Balaban J connectivity index is 1.02. The number of hydrogen-bond donors (Lipinski definition) is 1. The Hall–Kier alpha value is -4.71. The second kappa shape index (κ2) is 11.4. The van der Waals surface area contributed by atoms with Crippen molar-refractivity contribution in [2.45, 2.75) is 38.3 Å². The molecular formula is C34H28ClF2N7O4S. The number of likely N-dealkylation sites (tertiary alicyclic amines) is 1. The summed E-state index contributed by atoms with van der Waals surface area (Å²) in [6.45, 7) is 4.68. The molecule has 5 aromatic rings. The standard InChI is InChI=1S/C34H28ClF2N7O4S/c1-18-41-25-12-40-30(43-16-33(17-43)14-42(15-33)20-9-34(36,37)10-20)23(11-38)27(25)31(45)44(18)6-7-48-26-3-2-19(35)8-22(26)21-4-5-39-28-24(32(46)47)13-49-29(21)28/h2-5,8,12-13,20H,6-7,9-10,14-17H2,1H3,(H,46,47). The van der Waals surface area contributed by atoms with Crippen LogP contribution in [0.3, 0.4) is 0 Å². The molecule has 2 saturated heterocycles. The van der Waals surface area contributed by atoms with Crippen LogP contribution in [-0.2, 0) is 6.54 Å². The monoisotopic (exact) mass is 703 g/mol. The number of hydrogen-bond acceptors (Lipinski definition) is 10. The molecule has 0 amide bonds. The van der Waals surface area contributed by atoms with Gasteiger partial charge in [0.2, 0.25) is 0 Å². The van der Waals surface area contributed by atoms with Crippen molar-refractivity contribution < 1.29 is 23.4 Å². The highest BCUT2D eigenvalue weighted by molar-refractivity contribution is 7.18. The van der Waals surface area contributed by atoms with E-state index in [0.717, 1.165) is 13.1 Å². The zero-order valence-corrected chi connectivity index (χ0v) is 27.7. The van der Waals surface area contributed by atoms with Crippen molar-refractivity contribution in [3.05, 3.63) is 74.4 Å². The van der Waals surface area contributed by atoms with Crippen LogP contribution < -0.4 is 15.2 Å². The van der Waals surface area contributed by atoms with E-state index >= 15 is 0 Å². The van der Waals surface area contributed by atoms with E-state index in [9.17, 15) is 28.7 Å². The number of anilines is 1. The van der Waals surface area contributed by atoms with Crippen LogP contribution in [0.4, 0.5) is 14.6 Å². The third-order valence-electron chi connectivity index (χ3n) is 9.79. The first-order chi connectivity index (χ1) is 23.5. The molecule has 3 aliphatic rings. The van der Waals surface area contributed by atoms with Gasteiger partial charge in [0, 0.05) is 78.2 Å². The number of halogens is 3. The molecule has 11 nitrogen and oxygen atoms in total. The maximum Gasteiger partial charge on any atom is 0.338 e. The molecule has 8 rings (SSSR count). The number of ether oxygens (including phenoxy) is 1. The van der Waals surface area contributed by atoms with E-state index in [-0.39, 0.29) is 59.5 Å². The minimum Gasteiger partial charge on any atom is -0.491 e. The van der Waals surface area contributed by atoms with Crippen LogP contribution in [0.1, 0.15) is 34.6 Å². The van der Waals surface area contributed by atoms with Crippen molar-refractivity contribution in [2.75, 3.05) is 37.7 Å². The summed E-state index contributed by atoms with van der Waals surface area (Å²) in [5.74, 6) is -2.27. The van der Waals surface area contributed by atoms with Crippen molar-refractivity contribution >= 4 is 55.8 Å². The van der Waals surface area contributed by atoms with E-state index in [1.807, 2.05) is 4.90 Å². The van der Waals surface area contributed by atoms with Gasteiger partial charge in [-0.3, -0.25) is 19.2 Å². The fraction of sp³-hybridized carbons (Fsp3) is 0.353. The average Bonchev–Trinajstić information content (AvgIpc) is 3.46. The van der Waals surface area contributed by atoms with Crippen LogP contribution >= 0.6 is 22.9 Å². The Morgan fingerprint density at radius 1 is 1.18 bits per heavy atom. The topological polar surface area (TPSA) is 137 Å². The minimum absolute atomic E-state index is 0.0120. The molecule has 0 bridgehead atoms. The summed E-state index contributed by atoms with van der Waals surface area (Å²) in [7, 11) is 0. The molecule has 0 radical (unpaired) electrons. The maximum absolute atomic E-state index is 13.9. The zero-order chi connectivity index (χ0) is 34.2. The number of benzene rings is 1. The minimum atomic E-state index is -2.55. The highest BCUT2D eigenvalue weighted by Gasteiger charge is 2.58. The summed E-state index contributed by atoms with van der Waals surface area (Å²) in [4.78, 5) is 43.1. The van der Waals surface area contributed by atoms with Crippen molar-refractivity contribution in [1.82, 2.24) is 24.4 Å². The Labute approximate surface area is 287 Å². The Bertz CT molecular complexity index is 2280. The molecule has 250 valence electrons. The number of nitriles is 1. The van der Waals surface area contributed by atoms with Crippen LogP contribution in [0.25, 0.3) is 32.2 Å². The Morgan fingerprint density at radius 2 is 1.96 bits per heavy atom. The lowest BCUT2D eigenvalue weighted by molar-refractivity contribution is -0.165. The third kappa shape index (κ3) is 5.27. The van der Waals surface area contributed by atoms with E-state index in [0.29, 0.717) is 62.4 Å². The lowest BCUT2D eigenvalue weighted by Gasteiger charge is -2.63. The predicted octanol–water partition coefficient (Wildman–Crippen LogP) is 5.60. The number of aromatic nitrogens is 4. The summed E-state index contributed by atoms with van der Waals surface area (Å²) in [5.41, 5.74) is 1.94. The second-order valence-electron chi connectivity index (χ2n) is 13.1. The first kappa shape index (κ1) is 31.6. The average molecular weight is 704 g/mol.